The lowest BCUT2D eigenvalue weighted by Crippen LogP contribution is -2.07. The predicted octanol–water partition coefficient (Wildman–Crippen LogP) is 2.30. The summed E-state index contributed by atoms with van der Waals surface area (Å²) in [5, 5.41) is 19.2. The fourth-order valence-corrected chi connectivity index (χ4v) is 1.03. The molecular formula is C8H5ClN2O2. The van der Waals surface area contributed by atoms with E-state index in [1.165, 1.54) is 18.2 Å². The Morgan fingerprint density at radius 1 is 1.62 bits per heavy atom. The van der Waals surface area contributed by atoms with Crippen molar-refractivity contribution in [3.05, 3.63) is 28.8 Å². The quantitative estimate of drug-likeness (QED) is 0.724. The number of hydrogen-bond acceptors (Lipinski definition) is 2. The lowest BCUT2D eigenvalue weighted by Gasteiger charge is -2.02. The molecular weight excluding hydrogens is 192 g/mol. The summed E-state index contributed by atoms with van der Waals surface area (Å²) in [5.41, 5.74) is 0.661. The van der Waals surface area contributed by atoms with Gasteiger partial charge in [-0.3, -0.25) is 5.32 Å². The molecule has 1 aromatic carbocycles. The van der Waals surface area contributed by atoms with Gasteiger partial charge in [0.05, 0.1) is 22.3 Å². The number of halogens is 1. The Bertz CT molecular complexity index is 384. The van der Waals surface area contributed by atoms with Gasteiger partial charge < -0.3 is 5.11 Å². The van der Waals surface area contributed by atoms with Crippen LogP contribution >= 0.6 is 11.6 Å². The zero-order valence-corrected chi connectivity index (χ0v) is 7.17. The van der Waals surface area contributed by atoms with Crippen LogP contribution in [0.1, 0.15) is 5.56 Å². The van der Waals surface area contributed by atoms with E-state index in [1.807, 2.05) is 6.07 Å². The summed E-state index contributed by atoms with van der Waals surface area (Å²) in [6, 6.07) is 6.21. The van der Waals surface area contributed by atoms with Gasteiger partial charge in [-0.2, -0.15) is 5.26 Å². The molecule has 13 heavy (non-hydrogen) atoms. The van der Waals surface area contributed by atoms with Gasteiger partial charge in [0.15, 0.2) is 0 Å². The van der Waals surface area contributed by atoms with E-state index in [4.69, 9.17) is 22.0 Å². The Morgan fingerprint density at radius 3 is 2.77 bits per heavy atom. The lowest BCUT2D eigenvalue weighted by molar-refractivity contribution is 0.210. The van der Waals surface area contributed by atoms with Crippen LogP contribution in [0.3, 0.4) is 0 Å². The summed E-state index contributed by atoms with van der Waals surface area (Å²) >= 11 is 5.68. The molecule has 5 heteroatoms. The SMILES string of the molecule is N#Cc1ccc(NC(=O)O)c(Cl)c1. The van der Waals surface area contributed by atoms with E-state index >= 15 is 0 Å². The molecule has 4 nitrogen and oxygen atoms in total. The number of nitriles is 1. The molecule has 0 spiro atoms. The standard InChI is InChI=1S/C8H5ClN2O2/c9-6-3-5(4-10)1-2-7(6)11-8(12)13/h1-3,11H,(H,12,13). The summed E-state index contributed by atoms with van der Waals surface area (Å²) in [4.78, 5) is 10.2. The molecule has 0 atom stereocenters. The number of carboxylic acid groups (broad SMARTS) is 1. The van der Waals surface area contributed by atoms with Crippen molar-refractivity contribution in [3.8, 4) is 6.07 Å². The highest BCUT2D eigenvalue weighted by Gasteiger charge is 2.03. The normalized spacial score (nSPS) is 8.92. The van der Waals surface area contributed by atoms with Gasteiger partial charge in [-0.25, -0.2) is 4.79 Å². The minimum atomic E-state index is -1.19. The van der Waals surface area contributed by atoms with Gasteiger partial charge in [0.2, 0.25) is 0 Å². The Kier molecular flexibility index (Phi) is 2.72. The van der Waals surface area contributed by atoms with E-state index in [9.17, 15) is 4.79 Å². The van der Waals surface area contributed by atoms with Crippen LogP contribution in [-0.2, 0) is 0 Å². The summed E-state index contributed by atoms with van der Waals surface area (Å²) in [6.45, 7) is 0. The molecule has 0 aromatic heterocycles. The second-order valence-electron chi connectivity index (χ2n) is 2.24. The first kappa shape index (κ1) is 9.36. The van der Waals surface area contributed by atoms with E-state index in [1.54, 1.807) is 0 Å². The maximum absolute atomic E-state index is 10.2. The number of amides is 1. The topological polar surface area (TPSA) is 73.1 Å². The summed E-state index contributed by atoms with van der Waals surface area (Å²) in [6.07, 6.45) is -1.19. The molecule has 1 aromatic rings. The van der Waals surface area contributed by atoms with Gasteiger partial charge in [-0.05, 0) is 18.2 Å². The van der Waals surface area contributed by atoms with Crippen LogP contribution in [-0.4, -0.2) is 11.2 Å². The van der Waals surface area contributed by atoms with Crippen LogP contribution < -0.4 is 5.32 Å². The Balaban J connectivity index is 3.00. The summed E-state index contributed by atoms with van der Waals surface area (Å²) in [5.74, 6) is 0. The molecule has 0 bridgehead atoms. The van der Waals surface area contributed by atoms with Crippen LogP contribution in [0.5, 0.6) is 0 Å². The molecule has 0 aliphatic rings. The average molecular weight is 197 g/mol. The zero-order chi connectivity index (χ0) is 9.84. The van der Waals surface area contributed by atoms with E-state index in [-0.39, 0.29) is 10.7 Å². The van der Waals surface area contributed by atoms with Gasteiger partial charge in [-0.15, -0.1) is 0 Å². The third kappa shape index (κ3) is 2.36. The van der Waals surface area contributed by atoms with Crippen LogP contribution in [0.25, 0.3) is 0 Å². The number of hydrogen-bond donors (Lipinski definition) is 2. The third-order valence-electron chi connectivity index (χ3n) is 1.34. The highest BCUT2D eigenvalue weighted by molar-refractivity contribution is 6.33. The van der Waals surface area contributed by atoms with E-state index in [2.05, 4.69) is 5.32 Å². The minimum absolute atomic E-state index is 0.210. The van der Waals surface area contributed by atoms with Crippen molar-refractivity contribution >= 4 is 23.4 Å². The summed E-state index contributed by atoms with van der Waals surface area (Å²) < 4.78 is 0. The van der Waals surface area contributed by atoms with Crippen molar-refractivity contribution in [1.29, 1.82) is 5.26 Å². The molecule has 66 valence electrons. The zero-order valence-electron chi connectivity index (χ0n) is 6.41. The van der Waals surface area contributed by atoms with Crippen LogP contribution in [0.4, 0.5) is 10.5 Å². The first-order valence-electron chi connectivity index (χ1n) is 3.33. The first-order valence-corrected chi connectivity index (χ1v) is 3.71. The Morgan fingerprint density at radius 2 is 2.31 bits per heavy atom. The molecule has 0 aliphatic heterocycles. The first-order chi connectivity index (χ1) is 6.13. The summed E-state index contributed by atoms with van der Waals surface area (Å²) in [7, 11) is 0. The molecule has 0 aliphatic carbocycles. The number of rotatable bonds is 1. The van der Waals surface area contributed by atoms with Crippen LogP contribution in [0, 0.1) is 11.3 Å². The molecule has 0 fully saturated rings. The number of carbonyl (C=O) groups is 1. The van der Waals surface area contributed by atoms with E-state index in [0.717, 1.165) is 0 Å². The van der Waals surface area contributed by atoms with Gasteiger partial charge in [-0.1, -0.05) is 11.6 Å². The maximum Gasteiger partial charge on any atom is 0.409 e. The van der Waals surface area contributed by atoms with Crippen molar-refractivity contribution in [2.75, 3.05) is 5.32 Å². The monoisotopic (exact) mass is 196 g/mol. The minimum Gasteiger partial charge on any atom is -0.465 e. The second kappa shape index (κ2) is 3.78. The predicted molar refractivity (Wildman–Crippen MR) is 47.8 cm³/mol. The fraction of sp³-hybridized carbons (Fsp3) is 0. The molecule has 2 N–H and O–H groups in total. The lowest BCUT2D eigenvalue weighted by atomic mass is 10.2. The molecule has 0 saturated heterocycles. The highest BCUT2D eigenvalue weighted by atomic mass is 35.5. The van der Waals surface area contributed by atoms with Crippen molar-refractivity contribution in [2.45, 2.75) is 0 Å². The third-order valence-corrected chi connectivity index (χ3v) is 1.65. The largest absolute Gasteiger partial charge is 0.465 e. The maximum atomic E-state index is 10.2. The van der Waals surface area contributed by atoms with Crippen molar-refractivity contribution in [2.24, 2.45) is 0 Å². The number of benzene rings is 1. The van der Waals surface area contributed by atoms with E-state index in [0.29, 0.717) is 5.56 Å². The van der Waals surface area contributed by atoms with Crippen LogP contribution in [0.15, 0.2) is 18.2 Å². The second-order valence-corrected chi connectivity index (χ2v) is 2.64. The number of nitrogens with one attached hydrogen (secondary N) is 1. The number of nitrogens with zero attached hydrogens (tertiary/aromatic N) is 1. The molecule has 0 radical (unpaired) electrons. The molecule has 0 saturated carbocycles. The van der Waals surface area contributed by atoms with Gasteiger partial charge in [0.1, 0.15) is 0 Å². The van der Waals surface area contributed by atoms with Crippen molar-refractivity contribution in [3.63, 3.8) is 0 Å². The molecule has 1 amide bonds. The average Bonchev–Trinajstić information content (AvgIpc) is 2.08. The Hall–Kier alpha value is -1.73. The molecule has 0 unspecified atom stereocenters. The Labute approximate surface area is 79.4 Å². The molecule has 0 heterocycles. The van der Waals surface area contributed by atoms with Gasteiger partial charge >= 0.3 is 6.09 Å². The fourth-order valence-electron chi connectivity index (χ4n) is 0.801. The van der Waals surface area contributed by atoms with Gasteiger partial charge in [0, 0.05) is 0 Å². The van der Waals surface area contributed by atoms with Crippen molar-refractivity contribution in [1.82, 2.24) is 0 Å². The van der Waals surface area contributed by atoms with Gasteiger partial charge in [0.25, 0.3) is 0 Å². The number of anilines is 1. The highest BCUT2D eigenvalue weighted by Crippen LogP contribution is 2.22. The van der Waals surface area contributed by atoms with E-state index < -0.39 is 6.09 Å². The van der Waals surface area contributed by atoms with Crippen LogP contribution in [0.2, 0.25) is 5.02 Å². The smallest absolute Gasteiger partial charge is 0.409 e. The molecule has 1 rings (SSSR count). The van der Waals surface area contributed by atoms with Crippen molar-refractivity contribution < 1.29 is 9.90 Å².